The molecule has 3 rings (SSSR count). The first-order valence-electron chi connectivity index (χ1n) is 7.54. The number of hydrogen-bond acceptors (Lipinski definition) is 6. The van der Waals surface area contributed by atoms with E-state index in [9.17, 15) is 0 Å². The summed E-state index contributed by atoms with van der Waals surface area (Å²) in [5.74, 6) is 2.89. The SMILES string of the molecule is Nc1ncc(Oc2ccc(Cl)cc2)c(NCC2CC(CO)C2)n1. The number of halogens is 1. The van der Waals surface area contributed by atoms with Crippen molar-refractivity contribution in [2.45, 2.75) is 12.8 Å². The number of hydrogen-bond donors (Lipinski definition) is 3. The molecule has 7 heteroatoms. The molecule has 6 nitrogen and oxygen atoms in total. The normalized spacial score (nSPS) is 19.9. The maximum absolute atomic E-state index is 9.07. The standard InChI is InChI=1S/C16H19ClN4O2/c17-12-1-3-13(4-2-12)23-14-8-20-16(18)21-15(14)19-7-10-5-11(6-10)9-22/h1-4,8,10-11,22H,5-7,9H2,(H3,18,19,20,21). The van der Waals surface area contributed by atoms with E-state index in [1.165, 1.54) is 0 Å². The smallest absolute Gasteiger partial charge is 0.222 e. The Morgan fingerprint density at radius 1 is 1.26 bits per heavy atom. The lowest BCUT2D eigenvalue weighted by Gasteiger charge is -2.34. The molecular weight excluding hydrogens is 316 g/mol. The van der Waals surface area contributed by atoms with Gasteiger partial charge < -0.3 is 20.9 Å². The fourth-order valence-electron chi connectivity index (χ4n) is 2.65. The number of rotatable bonds is 6. The van der Waals surface area contributed by atoms with Gasteiger partial charge in [-0.1, -0.05) is 11.6 Å². The van der Waals surface area contributed by atoms with E-state index in [1.807, 2.05) is 0 Å². The Morgan fingerprint density at radius 3 is 2.70 bits per heavy atom. The Hall–Kier alpha value is -2.05. The third-order valence-corrected chi connectivity index (χ3v) is 4.22. The first-order chi connectivity index (χ1) is 11.1. The topological polar surface area (TPSA) is 93.3 Å². The summed E-state index contributed by atoms with van der Waals surface area (Å²) in [5, 5.41) is 13.0. The van der Waals surface area contributed by atoms with E-state index in [0.717, 1.165) is 19.4 Å². The highest BCUT2D eigenvalue weighted by molar-refractivity contribution is 6.30. The molecule has 0 saturated heterocycles. The van der Waals surface area contributed by atoms with Crippen molar-refractivity contribution < 1.29 is 9.84 Å². The lowest BCUT2D eigenvalue weighted by atomic mass is 9.75. The summed E-state index contributed by atoms with van der Waals surface area (Å²) in [7, 11) is 0. The second-order valence-electron chi connectivity index (χ2n) is 5.76. The lowest BCUT2D eigenvalue weighted by molar-refractivity contribution is 0.114. The predicted octanol–water partition coefficient (Wildman–Crippen LogP) is 2.93. The van der Waals surface area contributed by atoms with Crippen LogP contribution in [-0.2, 0) is 0 Å². The van der Waals surface area contributed by atoms with E-state index < -0.39 is 0 Å². The van der Waals surface area contributed by atoms with Gasteiger partial charge in [0.25, 0.3) is 0 Å². The van der Waals surface area contributed by atoms with E-state index in [1.54, 1.807) is 30.5 Å². The molecule has 122 valence electrons. The largest absolute Gasteiger partial charge is 0.452 e. The molecule has 0 amide bonds. The van der Waals surface area contributed by atoms with Gasteiger partial charge in [-0.25, -0.2) is 4.98 Å². The molecule has 0 radical (unpaired) electrons. The summed E-state index contributed by atoms with van der Waals surface area (Å²) in [4.78, 5) is 8.19. The van der Waals surface area contributed by atoms with E-state index in [2.05, 4.69) is 15.3 Å². The molecule has 0 unspecified atom stereocenters. The van der Waals surface area contributed by atoms with Crippen LogP contribution in [-0.4, -0.2) is 28.2 Å². The lowest BCUT2D eigenvalue weighted by Crippen LogP contribution is -2.31. The van der Waals surface area contributed by atoms with Crippen LogP contribution in [0.5, 0.6) is 11.5 Å². The average Bonchev–Trinajstić information content (AvgIpc) is 2.50. The highest BCUT2D eigenvalue weighted by Crippen LogP contribution is 2.34. The number of aromatic nitrogens is 2. The second kappa shape index (κ2) is 7.02. The van der Waals surface area contributed by atoms with Crippen LogP contribution in [0.25, 0.3) is 0 Å². The third kappa shape index (κ3) is 4.03. The first-order valence-corrected chi connectivity index (χ1v) is 7.92. The summed E-state index contributed by atoms with van der Waals surface area (Å²) in [5.41, 5.74) is 5.67. The van der Waals surface area contributed by atoms with Crippen molar-refractivity contribution in [3.05, 3.63) is 35.5 Å². The van der Waals surface area contributed by atoms with Gasteiger partial charge in [0.05, 0.1) is 6.20 Å². The van der Waals surface area contributed by atoms with Crippen molar-refractivity contribution in [1.82, 2.24) is 9.97 Å². The fourth-order valence-corrected chi connectivity index (χ4v) is 2.77. The summed E-state index contributed by atoms with van der Waals surface area (Å²) >= 11 is 5.87. The molecule has 1 heterocycles. The molecule has 1 aliphatic rings. The maximum Gasteiger partial charge on any atom is 0.222 e. The number of nitrogens with zero attached hydrogens (tertiary/aromatic N) is 2. The highest BCUT2D eigenvalue weighted by atomic mass is 35.5. The van der Waals surface area contributed by atoms with Crippen LogP contribution in [0.1, 0.15) is 12.8 Å². The molecule has 0 spiro atoms. The summed E-state index contributed by atoms with van der Waals surface area (Å²) in [6.45, 7) is 1.03. The van der Waals surface area contributed by atoms with Gasteiger partial charge in [0.2, 0.25) is 5.95 Å². The predicted molar refractivity (Wildman–Crippen MR) is 89.8 cm³/mol. The van der Waals surface area contributed by atoms with Gasteiger partial charge in [-0.2, -0.15) is 4.98 Å². The van der Waals surface area contributed by atoms with E-state index in [4.69, 9.17) is 27.2 Å². The minimum Gasteiger partial charge on any atom is -0.452 e. The van der Waals surface area contributed by atoms with Crippen LogP contribution in [0.4, 0.5) is 11.8 Å². The fraction of sp³-hybridized carbons (Fsp3) is 0.375. The van der Waals surface area contributed by atoms with Crippen molar-refractivity contribution in [2.24, 2.45) is 11.8 Å². The number of aliphatic hydroxyl groups excluding tert-OH is 1. The monoisotopic (exact) mass is 334 g/mol. The van der Waals surface area contributed by atoms with Crippen LogP contribution in [0, 0.1) is 11.8 Å². The van der Waals surface area contributed by atoms with Gasteiger partial charge in [0.1, 0.15) is 5.75 Å². The van der Waals surface area contributed by atoms with Gasteiger partial charge in [0.15, 0.2) is 11.6 Å². The van der Waals surface area contributed by atoms with Crippen LogP contribution in [0.3, 0.4) is 0 Å². The average molecular weight is 335 g/mol. The van der Waals surface area contributed by atoms with Gasteiger partial charge in [-0.3, -0.25) is 0 Å². The van der Waals surface area contributed by atoms with Gasteiger partial charge >= 0.3 is 0 Å². The number of ether oxygens (including phenoxy) is 1. The van der Waals surface area contributed by atoms with Crippen LogP contribution >= 0.6 is 11.6 Å². The number of nitrogen functional groups attached to an aromatic ring is 1. The van der Waals surface area contributed by atoms with E-state index in [0.29, 0.717) is 34.2 Å². The van der Waals surface area contributed by atoms with Crippen molar-refractivity contribution in [2.75, 3.05) is 24.2 Å². The second-order valence-corrected chi connectivity index (χ2v) is 6.20. The molecule has 2 aromatic rings. The Balaban J connectivity index is 1.66. The molecule has 1 saturated carbocycles. The Labute approximate surface area is 139 Å². The maximum atomic E-state index is 9.07. The quantitative estimate of drug-likeness (QED) is 0.752. The molecular formula is C16H19ClN4O2. The third-order valence-electron chi connectivity index (χ3n) is 3.96. The first kappa shape index (κ1) is 15.8. The number of nitrogens with one attached hydrogen (secondary N) is 1. The van der Waals surface area contributed by atoms with Crippen molar-refractivity contribution >= 4 is 23.4 Å². The van der Waals surface area contributed by atoms with Gasteiger partial charge in [-0.15, -0.1) is 0 Å². The van der Waals surface area contributed by atoms with Crippen molar-refractivity contribution in [1.29, 1.82) is 0 Å². The Kier molecular flexibility index (Phi) is 4.83. The summed E-state index contributed by atoms with van der Waals surface area (Å²) in [6.07, 6.45) is 3.60. The van der Waals surface area contributed by atoms with Gasteiger partial charge in [0, 0.05) is 18.2 Å². The van der Waals surface area contributed by atoms with Crippen molar-refractivity contribution in [3.8, 4) is 11.5 Å². The molecule has 0 atom stereocenters. The summed E-state index contributed by atoms with van der Waals surface area (Å²) in [6, 6.07) is 7.07. The summed E-state index contributed by atoms with van der Waals surface area (Å²) < 4.78 is 5.80. The van der Waals surface area contributed by atoms with Crippen LogP contribution in [0.2, 0.25) is 5.02 Å². The molecule has 0 bridgehead atoms. The highest BCUT2D eigenvalue weighted by Gasteiger charge is 2.28. The molecule has 0 aliphatic heterocycles. The Bertz CT molecular complexity index is 660. The minimum atomic E-state index is 0.192. The zero-order valence-corrected chi connectivity index (χ0v) is 13.3. The van der Waals surface area contributed by atoms with E-state index >= 15 is 0 Å². The molecule has 1 fully saturated rings. The molecule has 1 aromatic heterocycles. The van der Waals surface area contributed by atoms with Gasteiger partial charge in [-0.05, 0) is 48.9 Å². The van der Waals surface area contributed by atoms with Crippen molar-refractivity contribution in [3.63, 3.8) is 0 Å². The number of anilines is 2. The number of nitrogens with two attached hydrogens (primary N) is 1. The number of aliphatic hydroxyl groups is 1. The minimum absolute atomic E-state index is 0.192. The number of benzene rings is 1. The molecule has 1 aliphatic carbocycles. The zero-order chi connectivity index (χ0) is 16.2. The molecule has 4 N–H and O–H groups in total. The van der Waals surface area contributed by atoms with Crippen LogP contribution in [0.15, 0.2) is 30.5 Å². The molecule has 1 aromatic carbocycles. The Morgan fingerprint density at radius 2 is 2.00 bits per heavy atom. The van der Waals surface area contributed by atoms with E-state index in [-0.39, 0.29) is 12.6 Å². The zero-order valence-electron chi connectivity index (χ0n) is 12.6. The molecule has 23 heavy (non-hydrogen) atoms. The van der Waals surface area contributed by atoms with Crippen LogP contribution < -0.4 is 15.8 Å².